The molecule has 2 atom stereocenters. The average molecular weight is 235 g/mol. The molecule has 0 N–H and O–H groups in total. The first-order valence-electron chi connectivity index (χ1n) is 5.25. The summed E-state index contributed by atoms with van der Waals surface area (Å²) in [7, 11) is 1.61. The minimum atomic E-state index is -0.413. The van der Waals surface area contributed by atoms with Crippen LogP contribution in [0.25, 0.3) is 10.4 Å². The van der Waals surface area contributed by atoms with E-state index in [-0.39, 0.29) is 12.6 Å². The Kier molecular flexibility index (Phi) is 3.82. The lowest BCUT2D eigenvalue weighted by atomic mass is 10.2. The van der Waals surface area contributed by atoms with Gasteiger partial charge in [0.05, 0.1) is 26.4 Å². The van der Waals surface area contributed by atoms with Crippen molar-refractivity contribution in [1.82, 2.24) is 0 Å². The van der Waals surface area contributed by atoms with E-state index in [9.17, 15) is 0 Å². The number of methoxy groups -OCH3 is 1. The van der Waals surface area contributed by atoms with E-state index in [1.165, 1.54) is 0 Å². The van der Waals surface area contributed by atoms with Gasteiger partial charge in [-0.1, -0.05) is 17.2 Å². The SMILES string of the molecule is COc1cccc(C2OCC(CN=[N+]=[N-])O2)c1. The summed E-state index contributed by atoms with van der Waals surface area (Å²) in [6.07, 6.45) is -0.592. The van der Waals surface area contributed by atoms with Gasteiger partial charge < -0.3 is 14.2 Å². The number of hydrogen-bond donors (Lipinski definition) is 0. The maximum Gasteiger partial charge on any atom is 0.184 e. The molecular formula is C11H13N3O3. The number of nitrogens with zero attached hydrogens (tertiary/aromatic N) is 3. The average Bonchev–Trinajstić information content (AvgIpc) is 2.85. The smallest absolute Gasteiger partial charge is 0.184 e. The molecule has 1 aliphatic rings. The third-order valence-corrected chi connectivity index (χ3v) is 2.46. The van der Waals surface area contributed by atoms with Gasteiger partial charge in [-0.15, -0.1) is 0 Å². The third kappa shape index (κ3) is 2.88. The lowest BCUT2D eigenvalue weighted by molar-refractivity contribution is -0.0586. The van der Waals surface area contributed by atoms with Crippen molar-refractivity contribution in [1.29, 1.82) is 0 Å². The molecule has 6 nitrogen and oxygen atoms in total. The molecule has 1 aliphatic heterocycles. The van der Waals surface area contributed by atoms with Crippen molar-refractivity contribution in [3.8, 4) is 5.75 Å². The highest BCUT2D eigenvalue weighted by molar-refractivity contribution is 5.29. The van der Waals surface area contributed by atoms with Gasteiger partial charge in [0, 0.05) is 10.5 Å². The molecule has 0 aromatic heterocycles. The highest BCUT2D eigenvalue weighted by atomic mass is 16.7. The summed E-state index contributed by atoms with van der Waals surface area (Å²) in [5, 5.41) is 3.47. The van der Waals surface area contributed by atoms with Crippen LogP contribution in [0.5, 0.6) is 5.75 Å². The van der Waals surface area contributed by atoms with Crippen LogP contribution in [-0.4, -0.2) is 26.4 Å². The maximum absolute atomic E-state index is 8.22. The van der Waals surface area contributed by atoms with E-state index < -0.39 is 6.29 Å². The largest absolute Gasteiger partial charge is 0.497 e. The van der Waals surface area contributed by atoms with E-state index in [2.05, 4.69) is 10.0 Å². The Balaban J connectivity index is 2.01. The van der Waals surface area contributed by atoms with Crippen molar-refractivity contribution in [3.05, 3.63) is 40.3 Å². The van der Waals surface area contributed by atoms with Crippen molar-refractivity contribution < 1.29 is 14.2 Å². The molecule has 1 heterocycles. The normalized spacial score (nSPS) is 23.1. The maximum atomic E-state index is 8.22. The van der Waals surface area contributed by atoms with Crippen LogP contribution in [0.3, 0.4) is 0 Å². The summed E-state index contributed by atoms with van der Waals surface area (Å²) in [5.41, 5.74) is 9.12. The fourth-order valence-electron chi connectivity index (χ4n) is 1.63. The van der Waals surface area contributed by atoms with Gasteiger partial charge in [0.1, 0.15) is 5.75 Å². The first-order chi connectivity index (χ1) is 8.33. The van der Waals surface area contributed by atoms with Crippen LogP contribution in [0.4, 0.5) is 0 Å². The topological polar surface area (TPSA) is 76.5 Å². The van der Waals surface area contributed by atoms with E-state index in [0.29, 0.717) is 6.61 Å². The first-order valence-corrected chi connectivity index (χ1v) is 5.25. The Morgan fingerprint density at radius 1 is 1.59 bits per heavy atom. The Morgan fingerprint density at radius 3 is 3.24 bits per heavy atom. The van der Waals surface area contributed by atoms with Crippen molar-refractivity contribution in [2.75, 3.05) is 20.3 Å². The van der Waals surface area contributed by atoms with Crippen LogP contribution in [0.2, 0.25) is 0 Å². The van der Waals surface area contributed by atoms with Crippen molar-refractivity contribution in [2.24, 2.45) is 5.11 Å². The van der Waals surface area contributed by atoms with Crippen molar-refractivity contribution in [2.45, 2.75) is 12.4 Å². The molecule has 2 unspecified atom stereocenters. The Morgan fingerprint density at radius 2 is 2.47 bits per heavy atom. The fraction of sp³-hybridized carbons (Fsp3) is 0.455. The van der Waals surface area contributed by atoms with E-state index >= 15 is 0 Å². The van der Waals surface area contributed by atoms with Gasteiger partial charge in [-0.25, -0.2) is 0 Å². The Bertz CT molecular complexity index is 432. The lowest BCUT2D eigenvalue weighted by Gasteiger charge is -2.11. The second-order valence-corrected chi connectivity index (χ2v) is 3.61. The molecule has 0 saturated carbocycles. The number of ether oxygens (including phenoxy) is 3. The predicted molar refractivity (Wildman–Crippen MR) is 60.6 cm³/mol. The molecule has 1 saturated heterocycles. The zero-order valence-corrected chi connectivity index (χ0v) is 9.44. The third-order valence-electron chi connectivity index (χ3n) is 2.46. The van der Waals surface area contributed by atoms with E-state index in [1.807, 2.05) is 24.3 Å². The van der Waals surface area contributed by atoms with Crippen LogP contribution in [-0.2, 0) is 9.47 Å². The van der Waals surface area contributed by atoms with E-state index in [1.54, 1.807) is 7.11 Å². The molecule has 17 heavy (non-hydrogen) atoms. The highest BCUT2D eigenvalue weighted by Gasteiger charge is 2.26. The molecule has 1 aromatic rings. The second kappa shape index (κ2) is 5.54. The molecule has 90 valence electrons. The molecule has 0 radical (unpaired) electrons. The van der Waals surface area contributed by atoms with Crippen molar-refractivity contribution in [3.63, 3.8) is 0 Å². The molecule has 1 aromatic carbocycles. The van der Waals surface area contributed by atoms with Gasteiger partial charge in [-0.3, -0.25) is 0 Å². The summed E-state index contributed by atoms with van der Waals surface area (Å²) in [4.78, 5) is 2.69. The monoisotopic (exact) mass is 235 g/mol. The van der Waals surface area contributed by atoms with Gasteiger partial charge in [0.25, 0.3) is 0 Å². The molecule has 0 aliphatic carbocycles. The zero-order chi connectivity index (χ0) is 12.1. The summed E-state index contributed by atoms with van der Waals surface area (Å²) in [6, 6.07) is 7.50. The van der Waals surface area contributed by atoms with Crippen LogP contribution >= 0.6 is 0 Å². The second-order valence-electron chi connectivity index (χ2n) is 3.61. The van der Waals surface area contributed by atoms with Gasteiger partial charge in [-0.2, -0.15) is 0 Å². The standard InChI is InChI=1S/C11H13N3O3/c1-15-9-4-2-3-8(5-9)11-16-7-10(17-11)6-13-14-12/h2-5,10-11H,6-7H2,1H3. The number of rotatable bonds is 4. The highest BCUT2D eigenvalue weighted by Crippen LogP contribution is 2.29. The number of benzene rings is 1. The molecule has 1 fully saturated rings. The lowest BCUT2D eigenvalue weighted by Crippen LogP contribution is -2.13. The summed E-state index contributed by atoms with van der Waals surface area (Å²) in [5.74, 6) is 0.758. The van der Waals surface area contributed by atoms with Crippen LogP contribution < -0.4 is 4.74 Å². The van der Waals surface area contributed by atoms with Crippen molar-refractivity contribution >= 4 is 0 Å². The quantitative estimate of drug-likeness (QED) is 0.456. The molecule has 0 bridgehead atoms. The van der Waals surface area contributed by atoms with Gasteiger partial charge in [0.2, 0.25) is 0 Å². The van der Waals surface area contributed by atoms with Gasteiger partial charge in [0.15, 0.2) is 6.29 Å². The molecule has 2 rings (SSSR count). The zero-order valence-electron chi connectivity index (χ0n) is 9.44. The fourth-order valence-corrected chi connectivity index (χ4v) is 1.63. The Hall–Kier alpha value is -1.75. The van der Waals surface area contributed by atoms with Gasteiger partial charge in [-0.05, 0) is 17.7 Å². The van der Waals surface area contributed by atoms with E-state index in [4.69, 9.17) is 19.7 Å². The first kappa shape index (κ1) is 11.7. The predicted octanol–water partition coefficient (Wildman–Crippen LogP) is 2.42. The van der Waals surface area contributed by atoms with Crippen LogP contribution in [0.15, 0.2) is 29.4 Å². The van der Waals surface area contributed by atoms with Gasteiger partial charge >= 0.3 is 0 Å². The van der Waals surface area contributed by atoms with E-state index in [0.717, 1.165) is 11.3 Å². The Labute approximate surface area is 98.7 Å². The summed E-state index contributed by atoms with van der Waals surface area (Å²) >= 11 is 0. The summed E-state index contributed by atoms with van der Waals surface area (Å²) in [6.45, 7) is 0.720. The molecular weight excluding hydrogens is 222 g/mol. The molecule has 0 amide bonds. The minimum absolute atomic E-state index is 0.179. The molecule has 6 heteroatoms. The van der Waals surface area contributed by atoms with Crippen LogP contribution in [0, 0.1) is 0 Å². The minimum Gasteiger partial charge on any atom is -0.497 e. The number of hydrogen-bond acceptors (Lipinski definition) is 4. The number of azide groups is 1. The molecule has 0 spiro atoms. The summed E-state index contributed by atoms with van der Waals surface area (Å²) < 4.78 is 16.2. The van der Waals surface area contributed by atoms with Crippen LogP contribution in [0.1, 0.15) is 11.9 Å².